The van der Waals surface area contributed by atoms with E-state index in [4.69, 9.17) is 19.7 Å². The van der Waals surface area contributed by atoms with E-state index in [1.165, 1.54) is 0 Å². The van der Waals surface area contributed by atoms with Gasteiger partial charge in [0.25, 0.3) is 0 Å². The van der Waals surface area contributed by atoms with Crippen molar-refractivity contribution in [2.75, 3.05) is 39.6 Å². The van der Waals surface area contributed by atoms with Gasteiger partial charge < -0.3 is 19.7 Å². The van der Waals surface area contributed by atoms with Gasteiger partial charge in [-0.2, -0.15) is 0 Å². The molecule has 0 heterocycles. The Balaban J connectivity index is -0.000000135. The molecule has 3 radical (unpaired) electrons. The van der Waals surface area contributed by atoms with Crippen molar-refractivity contribution in [3.63, 3.8) is 0 Å². The third-order valence-corrected chi connectivity index (χ3v) is 0.843. The quantitative estimate of drug-likeness (QED) is 0.408. The minimum Gasteiger partial charge on any atom is -0.394 e. The van der Waals surface area contributed by atoms with E-state index in [0.29, 0.717) is 26.4 Å². The second-order valence-corrected chi connectivity index (χ2v) is 1.67. The van der Waals surface area contributed by atoms with Crippen LogP contribution in [-0.4, -0.2) is 204 Å². The molecule has 0 aromatic heterocycles. The van der Waals surface area contributed by atoms with E-state index >= 15 is 0 Å². The minimum absolute atomic E-state index is 0. The maximum atomic E-state index is 8.26. The van der Waals surface area contributed by atoms with E-state index in [-0.39, 0.29) is 167 Å². The third kappa shape index (κ3) is 26.4. The molecule has 0 aliphatic rings. The maximum absolute atomic E-state index is 8.26. The van der Waals surface area contributed by atoms with Crippen LogP contribution in [0.25, 0.3) is 0 Å². The van der Waals surface area contributed by atoms with Crippen molar-refractivity contribution in [1.29, 1.82) is 0 Å². The van der Waals surface area contributed by atoms with E-state index < -0.39 is 0 Å². The van der Waals surface area contributed by atoms with Gasteiger partial charge in [-0.25, -0.2) is 0 Å². The standard InChI is InChI=1S/C6H14O4.3K/c7-1-3-9-5-6-10-4-2-8;;;/h7-8H,1-6H2;;;. The van der Waals surface area contributed by atoms with Crippen molar-refractivity contribution < 1.29 is 19.7 Å². The molecule has 0 amide bonds. The van der Waals surface area contributed by atoms with Crippen LogP contribution in [0.5, 0.6) is 0 Å². The Bertz CT molecular complexity index is 59.8. The summed E-state index contributed by atoms with van der Waals surface area (Å²) in [7, 11) is 0. The summed E-state index contributed by atoms with van der Waals surface area (Å²) in [5, 5.41) is 16.5. The minimum atomic E-state index is 0. The van der Waals surface area contributed by atoms with E-state index in [1.54, 1.807) is 0 Å². The topological polar surface area (TPSA) is 58.9 Å². The molecule has 0 saturated carbocycles. The molecule has 0 bridgehead atoms. The molecule has 13 heavy (non-hydrogen) atoms. The zero-order valence-electron chi connectivity index (χ0n) is 8.95. The molecule has 2 N–H and O–H groups in total. The van der Waals surface area contributed by atoms with Gasteiger partial charge in [0.05, 0.1) is 39.6 Å². The second kappa shape index (κ2) is 25.6. The SMILES string of the molecule is OCCOCCOCCO.[K].[K].[K]. The molecule has 0 aliphatic heterocycles. The molecule has 4 nitrogen and oxygen atoms in total. The Kier molecular flexibility index (Phi) is 51.8. The number of ether oxygens (including phenoxy) is 2. The van der Waals surface area contributed by atoms with Crippen molar-refractivity contribution in [1.82, 2.24) is 0 Å². The summed E-state index contributed by atoms with van der Waals surface area (Å²) in [5.41, 5.74) is 0. The molecule has 0 spiro atoms. The fraction of sp³-hybridized carbons (Fsp3) is 1.00. The molecule has 0 aliphatic carbocycles. The van der Waals surface area contributed by atoms with E-state index in [9.17, 15) is 0 Å². The van der Waals surface area contributed by atoms with Crippen LogP contribution in [0.2, 0.25) is 0 Å². The summed E-state index contributed by atoms with van der Waals surface area (Å²) in [6.07, 6.45) is 0. The van der Waals surface area contributed by atoms with Gasteiger partial charge in [0.15, 0.2) is 0 Å². The monoisotopic (exact) mass is 267 g/mol. The van der Waals surface area contributed by atoms with Crippen LogP contribution >= 0.6 is 0 Å². The van der Waals surface area contributed by atoms with Crippen LogP contribution in [0.3, 0.4) is 0 Å². The first-order valence-electron chi connectivity index (χ1n) is 3.29. The van der Waals surface area contributed by atoms with Crippen molar-refractivity contribution in [2.45, 2.75) is 0 Å². The molecule has 0 fully saturated rings. The van der Waals surface area contributed by atoms with Crippen LogP contribution in [0.4, 0.5) is 0 Å². The molecule has 65 valence electrons. The van der Waals surface area contributed by atoms with Gasteiger partial charge in [-0.05, 0) is 0 Å². The molecule has 0 atom stereocenters. The first-order valence-corrected chi connectivity index (χ1v) is 3.29. The average molecular weight is 267 g/mol. The van der Waals surface area contributed by atoms with E-state index in [0.717, 1.165) is 0 Å². The molecule has 0 aromatic carbocycles. The smallest absolute Gasteiger partial charge is 0.0701 e. The van der Waals surface area contributed by atoms with Crippen LogP contribution in [-0.2, 0) is 9.47 Å². The van der Waals surface area contributed by atoms with Crippen molar-refractivity contribution in [3.8, 4) is 0 Å². The summed E-state index contributed by atoms with van der Waals surface area (Å²) in [6.45, 7) is 1.73. The summed E-state index contributed by atoms with van der Waals surface area (Å²) >= 11 is 0. The number of hydrogen-bond acceptors (Lipinski definition) is 4. The number of hydrogen-bond donors (Lipinski definition) is 2. The summed E-state index contributed by atoms with van der Waals surface area (Å²) in [4.78, 5) is 0. The van der Waals surface area contributed by atoms with Gasteiger partial charge in [-0.15, -0.1) is 0 Å². The molecular weight excluding hydrogens is 253 g/mol. The van der Waals surface area contributed by atoms with Gasteiger partial charge in [0.1, 0.15) is 0 Å². The Morgan fingerprint density at radius 3 is 1.15 bits per heavy atom. The normalized spacial score (nSPS) is 7.85. The zero-order chi connectivity index (χ0) is 7.66. The van der Waals surface area contributed by atoms with Crippen molar-refractivity contribution >= 4 is 154 Å². The first-order chi connectivity index (χ1) is 4.91. The maximum Gasteiger partial charge on any atom is 0.0701 e. The third-order valence-electron chi connectivity index (χ3n) is 0.843. The van der Waals surface area contributed by atoms with E-state index in [1.807, 2.05) is 0 Å². The fourth-order valence-electron chi connectivity index (χ4n) is 0.451. The van der Waals surface area contributed by atoms with E-state index in [2.05, 4.69) is 0 Å². The van der Waals surface area contributed by atoms with Crippen LogP contribution < -0.4 is 0 Å². The van der Waals surface area contributed by atoms with Crippen LogP contribution in [0.15, 0.2) is 0 Å². The Hall–Kier alpha value is 4.75. The van der Waals surface area contributed by atoms with Crippen molar-refractivity contribution in [3.05, 3.63) is 0 Å². The van der Waals surface area contributed by atoms with Crippen LogP contribution in [0.1, 0.15) is 0 Å². The summed E-state index contributed by atoms with van der Waals surface area (Å²) in [6, 6.07) is 0. The first kappa shape index (κ1) is 26.3. The van der Waals surface area contributed by atoms with Gasteiger partial charge >= 0.3 is 0 Å². The average Bonchev–Trinajstić information content (AvgIpc) is 1.97. The Labute approximate surface area is 207 Å². The number of aliphatic hydroxyl groups excluding tert-OH is 2. The van der Waals surface area contributed by atoms with Gasteiger partial charge in [0.2, 0.25) is 0 Å². The van der Waals surface area contributed by atoms with Gasteiger partial charge in [0, 0.05) is 154 Å². The van der Waals surface area contributed by atoms with Gasteiger partial charge in [-0.1, -0.05) is 0 Å². The molecule has 0 unspecified atom stereocenters. The molecule has 0 aromatic rings. The molecular formula is C6H14K3O4. The second-order valence-electron chi connectivity index (χ2n) is 1.67. The fourth-order valence-corrected chi connectivity index (χ4v) is 0.451. The summed E-state index contributed by atoms with van der Waals surface area (Å²) in [5.74, 6) is 0. The predicted octanol–water partition coefficient (Wildman–Crippen LogP) is -2.14. The molecule has 7 heteroatoms. The molecule has 0 rings (SSSR count). The predicted molar refractivity (Wildman–Crippen MR) is 53.1 cm³/mol. The summed E-state index contributed by atoms with van der Waals surface area (Å²) < 4.78 is 9.75. The largest absolute Gasteiger partial charge is 0.394 e. The van der Waals surface area contributed by atoms with Crippen molar-refractivity contribution in [2.24, 2.45) is 0 Å². The Morgan fingerprint density at radius 2 is 0.923 bits per heavy atom. The zero-order valence-corrected chi connectivity index (χ0v) is 18.3. The van der Waals surface area contributed by atoms with Crippen LogP contribution in [0, 0.1) is 0 Å². The Morgan fingerprint density at radius 1 is 0.615 bits per heavy atom. The molecule has 0 saturated heterocycles. The number of rotatable bonds is 7. The number of aliphatic hydroxyl groups is 2. The van der Waals surface area contributed by atoms with Gasteiger partial charge in [-0.3, -0.25) is 0 Å².